The van der Waals surface area contributed by atoms with Gasteiger partial charge in [-0.1, -0.05) is 12.1 Å². The topological polar surface area (TPSA) is 84.0 Å². The average molecular weight is 368 g/mol. The van der Waals surface area contributed by atoms with E-state index in [-0.39, 0.29) is 23.0 Å². The molecule has 0 spiro atoms. The standard InChI is InChI=1S/C19H14F2N4O2/c1-11(26)12-3-2-4-15(7-12)24-19-22-9-13(10-23-19)18(27)25-17-6-5-14(20)8-16(17)21/h2-10H,1H3,(H,25,27)(H,22,23,24). The van der Waals surface area contributed by atoms with Crippen LogP contribution < -0.4 is 10.6 Å². The Morgan fingerprint density at radius 2 is 1.70 bits per heavy atom. The van der Waals surface area contributed by atoms with Gasteiger partial charge in [-0.05, 0) is 31.2 Å². The van der Waals surface area contributed by atoms with Gasteiger partial charge in [0.05, 0.1) is 11.3 Å². The number of benzene rings is 2. The Balaban J connectivity index is 1.70. The number of Topliss-reactive ketones (excluding diaryl/α,β-unsaturated/α-hetero) is 1. The molecule has 0 bridgehead atoms. The number of amides is 1. The lowest BCUT2D eigenvalue weighted by atomic mass is 10.1. The summed E-state index contributed by atoms with van der Waals surface area (Å²) >= 11 is 0. The second-order valence-electron chi connectivity index (χ2n) is 5.64. The van der Waals surface area contributed by atoms with E-state index in [1.165, 1.54) is 19.3 Å². The minimum Gasteiger partial charge on any atom is -0.324 e. The van der Waals surface area contributed by atoms with Crippen molar-refractivity contribution in [1.82, 2.24) is 9.97 Å². The molecule has 1 heterocycles. The molecule has 136 valence electrons. The number of halogens is 2. The Labute approximate surface area is 153 Å². The fourth-order valence-electron chi connectivity index (χ4n) is 2.24. The number of nitrogens with one attached hydrogen (secondary N) is 2. The summed E-state index contributed by atoms with van der Waals surface area (Å²) in [5.41, 5.74) is 1.11. The number of carbonyl (C=O) groups is 2. The fraction of sp³-hybridized carbons (Fsp3) is 0.0526. The third-order valence-corrected chi connectivity index (χ3v) is 3.62. The van der Waals surface area contributed by atoms with Gasteiger partial charge in [-0.25, -0.2) is 18.7 Å². The predicted molar refractivity (Wildman–Crippen MR) is 96.1 cm³/mol. The Morgan fingerprint density at radius 1 is 0.963 bits per heavy atom. The van der Waals surface area contributed by atoms with Crippen LogP contribution >= 0.6 is 0 Å². The number of carbonyl (C=O) groups excluding carboxylic acids is 2. The third kappa shape index (κ3) is 4.49. The molecule has 0 aliphatic rings. The van der Waals surface area contributed by atoms with Gasteiger partial charge >= 0.3 is 0 Å². The van der Waals surface area contributed by atoms with Gasteiger partial charge in [-0.3, -0.25) is 9.59 Å². The van der Waals surface area contributed by atoms with Crippen LogP contribution in [0.25, 0.3) is 0 Å². The lowest BCUT2D eigenvalue weighted by molar-refractivity contribution is 0.101. The summed E-state index contributed by atoms with van der Waals surface area (Å²) in [7, 11) is 0. The first-order chi connectivity index (χ1) is 12.9. The summed E-state index contributed by atoms with van der Waals surface area (Å²) in [5.74, 6) is -2.10. The number of aromatic nitrogens is 2. The normalized spacial score (nSPS) is 10.3. The van der Waals surface area contributed by atoms with Gasteiger partial charge < -0.3 is 10.6 Å². The monoisotopic (exact) mass is 368 g/mol. The molecule has 0 aliphatic carbocycles. The predicted octanol–water partition coefficient (Wildman–Crippen LogP) is 3.95. The molecular formula is C19H14F2N4O2. The SMILES string of the molecule is CC(=O)c1cccc(Nc2ncc(C(=O)Nc3ccc(F)cc3F)cn2)c1. The van der Waals surface area contributed by atoms with E-state index >= 15 is 0 Å². The van der Waals surface area contributed by atoms with Crippen LogP contribution in [0.5, 0.6) is 0 Å². The number of anilines is 3. The molecule has 0 saturated carbocycles. The van der Waals surface area contributed by atoms with Crippen LogP contribution in [0, 0.1) is 11.6 Å². The quantitative estimate of drug-likeness (QED) is 0.666. The van der Waals surface area contributed by atoms with Gasteiger partial charge in [0.1, 0.15) is 11.6 Å². The number of nitrogens with zero attached hydrogens (tertiary/aromatic N) is 2. The first kappa shape index (κ1) is 18.1. The molecule has 1 amide bonds. The van der Waals surface area contributed by atoms with Crippen molar-refractivity contribution in [3.63, 3.8) is 0 Å². The molecule has 6 nitrogen and oxygen atoms in total. The molecule has 0 radical (unpaired) electrons. The van der Waals surface area contributed by atoms with E-state index in [1.54, 1.807) is 24.3 Å². The molecule has 2 N–H and O–H groups in total. The molecular weight excluding hydrogens is 354 g/mol. The summed E-state index contributed by atoms with van der Waals surface area (Å²) in [5, 5.41) is 5.25. The molecule has 0 fully saturated rings. The van der Waals surface area contributed by atoms with Crippen LogP contribution in [0.1, 0.15) is 27.6 Å². The van der Waals surface area contributed by atoms with E-state index in [0.29, 0.717) is 17.3 Å². The average Bonchev–Trinajstić information content (AvgIpc) is 2.65. The zero-order valence-electron chi connectivity index (χ0n) is 14.2. The molecule has 3 aromatic rings. The van der Waals surface area contributed by atoms with Gasteiger partial charge in [0, 0.05) is 29.7 Å². The van der Waals surface area contributed by atoms with E-state index in [1.807, 2.05) is 0 Å². The van der Waals surface area contributed by atoms with Crippen molar-refractivity contribution < 1.29 is 18.4 Å². The molecule has 0 aliphatic heterocycles. The van der Waals surface area contributed by atoms with Crippen LogP contribution in [0.4, 0.5) is 26.1 Å². The van der Waals surface area contributed by atoms with E-state index < -0.39 is 17.5 Å². The van der Waals surface area contributed by atoms with E-state index in [0.717, 1.165) is 12.1 Å². The Kier molecular flexibility index (Phi) is 5.16. The van der Waals surface area contributed by atoms with Gasteiger partial charge in [-0.15, -0.1) is 0 Å². The second-order valence-corrected chi connectivity index (χ2v) is 5.64. The molecule has 2 aromatic carbocycles. The van der Waals surface area contributed by atoms with E-state index in [9.17, 15) is 18.4 Å². The third-order valence-electron chi connectivity index (χ3n) is 3.62. The van der Waals surface area contributed by atoms with Crippen molar-refractivity contribution in [2.45, 2.75) is 6.92 Å². The molecule has 1 aromatic heterocycles. The van der Waals surface area contributed by atoms with Crippen molar-refractivity contribution in [2.75, 3.05) is 10.6 Å². The summed E-state index contributed by atoms with van der Waals surface area (Å²) < 4.78 is 26.5. The molecule has 0 atom stereocenters. The number of ketones is 1. The minimum absolute atomic E-state index is 0.0698. The Morgan fingerprint density at radius 3 is 2.37 bits per heavy atom. The molecule has 8 heteroatoms. The van der Waals surface area contributed by atoms with Crippen LogP contribution in [-0.2, 0) is 0 Å². The smallest absolute Gasteiger partial charge is 0.258 e. The largest absolute Gasteiger partial charge is 0.324 e. The number of hydrogen-bond donors (Lipinski definition) is 2. The zero-order chi connectivity index (χ0) is 19.4. The fourth-order valence-corrected chi connectivity index (χ4v) is 2.24. The van der Waals surface area contributed by atoms with Crippen molar-refractivity contribution in [2.24, 2.45) is 0 Å². The lowest BCUT2D eigenvalue weighted by Gasteiger charge is -2.08. The van der Waals surface area contributed by atoms with E-state index in [4.69, 9.17) is 0 Å². The Bertz CT molecular complexity index is 1010. The minimum atomic E-state index is -0.882. The van der Waals surface area contributed by atoms with Crippen molar-refractivity contribution in [3.8, 4) is 0 Å². The molecule has 0 saturated heterocycles. The van der Waals surface area contributed by atoms with Crippen LogP contribution in [0.3, 0.4) is 0 Å². The summed E-state index contributed by atoms with van der Waals surface area (Å²) in [6.45, 7) is 1.47. The highest BCUT2D eigenvalue weighted by Gasteiger charge is 2.11. The van der Waals surface area contributed by atoms with Gasteiger partial charge in [-0.2, -0.15) is 0 Å². The number of hydrogen-bond acceptors (Lipinski definition) is 5. The van der Waals surface area contributed by atoms with Crippen molar-refractivity contribution >= 4 is 29.0 Å². The Hall–Kier alpha value is -3.68. The summed E-state index contributed by atoms with van der Waals surface area (Å²) in [6, 6.07) is 9.65. The summed E-state index contributed by atoms with van der Waals surface area (Å²) in [4.78, 5) is 31.6. The lowest BCUT2D eigenvalue weighted by Crippen LogP contribution is -2.14. The summed E-state index contributed by atoms with van der Waals surface area (Å²) in [6.07, 6.45) is 2.53. The van der Waals surface area contributed by atoms with Crippen LogP contribution in [-0.4, -0.2) is 21.7 Å². The number of rotatable bonds is 5. The highest BCUT2D eigenvalue weighted by molar-refractivity contribution is 6.04. The van der Waals surface area contributed by atoms with Gasteiger partial charge in [0.15, 0.2) is 5.78 Å². The molecule has 3 rings (SSSR count). The zero-order valence-corrected chi connectivity index (χ0v) is 14.2. The maximum atomic E-state index is 13.6. The van der Waals surface area contributed by atoms with Crippen LogP contribution in [0.2, 0.25) is 0 Å². The van der Waals surface area contributed by atoms with E-state index in [2.05, 4.69) is 20.6 Å². The highest BCUT2D eigenvalue weighted by atomic mass is 19.1. The second kappa shape index (κ2) is 7.69. The first-order valence-corrected chi connectivity index (χ1v) is 7.89. The van der Waals surface area contributed by atoms with Crippen molar-refractivity contribution in [3.05, 3.63) is 77.6 Å². The van der Waals surface area contributed by atoms with Crippen LogP contribution in [0.15, 0.2) is 54.9 Å². The maximum Gasteiger partial charge on any atom is 0.258 e. The highest BCUT2D eigenvalue weighted by Crippen LogP contribution is 2.17. The maximum absolute atomic E-state index is 13.6. The van der Waals surface area contributed by atoms with Gasteiger partial charge in [0.2, 0.25) is 5.95 Å². The van der Waals surface area contributed by atoms with Gasteiger partial charge in [0.25, 0.3) is 5.91 Å². The molecule has 0 unspecified atom stereocenters. The molecule has 27 heavy (non-hydrogen) atoms. The van der Waals surface area contributed by atoms with Crippen molar-refractivity contribution in [1.29, 1.82) is 0 Å². The first-order valence-electron chi connectivity index (χ1n) is 7.89.